The van der Waals surface area contributed by atoms with Crippen molar-refractivity contribution in [2.24, 2.45) is 0 Å². The number of rotatable bonds is 5. The molecule has 1 heterocycles. The Kier molecular flexibility index (Phi) is 4.41. The van der Waals surface area contributed by atoms with E-state index >= 15 is 0 Å². The highest BCUT2D eigenvalue weighted by atomic mass is 32.2. The van der Waals surface area contributed by atoms with Gasteiger partial charge >= 0.3 is 0 Å². The highest BCUT2D eigenvalue weighted by Crippen LogP contribution is 2.23. The maximum absolute atomic E-state index is 12.4. The molecule has 0 atom stereocenters. The number of nitrogen functional groups attached to an aromatic ring is 1. The van der Waals surface area contributed by atoms with Crippen LogP contribution in [0.25, 0.3) is 0 Å². The number of nitrogens with two attached hydrogens (primary N) is 1. The second-order valence-corrected chi connectivity index (χ2v) is 6.60. The van der Waals surface area contributed by atoms with Crippen LogP contribution in [0.4, 0.5) is 23.0 Å². The second kappa shape index (κ2) is 6.10. The predicted molar refractivity (Wildman–Crippen MR) is 89.8 cm³/mol. The van der Waals surface area contributed by atoms with Crippen molar-refractivity contribution in [2.75, 3.05) is 41.8 Å². The van der Waals surface area contributed by atoms with Crippen molar-refractivity contribution in [3.05, 3.63) is 36.4 Å². The molecule has 0 saturated carbocycles. The van der Waals surface area contributed by atoms with Gasteiger partial charge in [0.05, 0.1) is 10.6 Å². The van der Waals surface area contributed by atoms with Crippen LogP contribution in [0, 0.1) is 0 Å². The quantitative estimate of drug-likeness (QED) is 0.723. The zero-order chi connectivity index (χ0) is 16.3. The molecule has 0 aliphatic carbocycles. The third-order valence-corrected chi connectivity index (χ3v) is 4.37. The summed E-state index contributed by atoms with van der Waals surface area (Å²) in [5.41, 5.74) is 6.52. The minimum atomic E-state index is -3.68. The van der Waals surface area contributed by atoms with Gasteiger partial charge in [0, 0.05) is 39.0 Å². The molecule has 0 bridgehead atoms. The van der Waals surface area contributed by atoms with E-state index in [2.05, 4.69) is 15.0 Å². The van der Waals surface area contributed by atoms with Crippen molar-refractivity contribution >= 4 is 33.0 Å². The highest BCUT2D eigenvalue weighted by Gasteiger charge is 2.15. The zero-order valence-corrected chi connectivity index (χ0v) is 13.5. The highest BCUT2D eigenvalue weighted by molar-refractivity contribution is 7.92. The van der Waals surface area contributed by atoms with Crippen molar-refractivity contribution in [3.63, 3.8) is 0 Å². The van der Waals surface area contributed by atoms with E-state index in [1.807, 2.05) is 14.1 Å². The summed E-state index contributed by atoms with van der Waals surface area (Å²) in [6.45, 7) is 0. The molecule has 8 heteroatoms. The third-order valence-electron chi connectivity index (χ3n) is 2.97. The Hall–Kier alpha value is -2.48. The molecule has 0 spiro atoms. The molecule has 0 aliphatic rings. The molecule has 7 nitrogen and oxygen atoms in total. The van der Waals surface area contributed by atoms with Gasteiger partial charge in [0.15, 0.2) is 0 Å². The van der Waals surface area contributed by atoms with E-state index in [1.165, 1.54) is 12.1 Å². The van der Waals surface area contributed by atoms with Gasteiger partial charge in [-0.15, -0.1) is 0 Å². The van der Waals surface area contributed by atoms with Crippen LogP contribution in [0.15, 0.2) is 41.3 Å². The molecule has 0 fully saturated rings. The lowest BCUT2D eigenvalue weighted by Gasteiger charge is -2.15. The average Bonchev–Trinajstić information content (AvgIpc) is 2.46. The zero-order valence-electron chi connectivity index (χ0n) is 12.7. The smallest absolute Gasteiger partial charge is 0.261 e. The number of hydrogen-bond acceptors (Lipinski definition) is 6. The molecular weight excluding hydrogens is 302 g/mol. The second-order valence-electron chi connectivity index (χ2n) is 4.92. The standard InChI is InChI=1S/C14H19N5O2S/c1-16-13-8-11(9-14(17-13)19(2)3)18-22(20,21)12-6-4-10(15)5-7-12/h4-9H,15H2,1-3H3,(H2,16,17,18). The van der Waals surface area contributed by atoms with Crippen molar-refractivity contribution in [2.45, 2.75) is 4.90 Å². The SMILES string of the molecule is CNc1cc(NS(=O)(=O)c2ccc(N)cc2)cc(N(C)C)n1. The number of sulfonamides is 1. The number of hydrogen-bond donors (Lipinski definition) is 3. The first-order valence-corrected chi connectivity index (χ1v) is 8.05. The van der Waals surface area contributed by atoms with Crippen LogP contribution in [0.3, 0.4) is 0 Å². The third kappa shape index (κ3) is 3.59. The van der Waals surface area contributed by atoms with Gasteiger partial charge in [0.25, 0.3) is 10.0 Å². The maximum atomic E-state index is 12.4. The predicted octanol–water partition coefficient (Wildman–Crippen LogP) is 1.57. The molecule has 0 radical (unpaired) electrons. The normalized spacial score (nSPS) is 11.0. The van der Waals surface area contributed by atoms with E-state index in [9.17, 15) is 8.42 Å². The van der Waals surface area contributed by atoms with E-state index in [-0.39, 0.29) is 4.90 Å². The summed E-state index contributed by atoms with van der Waals surface area (Å²) >= 11 is 0. The average molecular weight is 321 g/mol. The van der Waals surface area contributed by atoms with Gasteiger partial charge in [-0.3, -0.25) is 4.72 Å². The van der Waals surface area contributed by atoms with Gasteiger partial charge in [-0.05, 0) is 24.3 Å². The molecule has 0 aliphatic heterocycles. The maximum Gasteiger partial charge on any atom is 0.261 e. The summed E-state index contributed by atoms with van der Waals surface area (Å²) in [5.74, 6) is 1.21. The number of benzene rings is 1. The monoisotopic (exact) mass is 321 g/mol. The fraction of sp³-hybridized carbons (Fsp3) is 0.214. The summed E-state index contributed by atoms with van der Waals surface area (Å²) in [6, 6.07) is 9.31. The Balaban J connectivity index is 2.36. The number of anilines is 4. The molecule has 0 unspecified atom stereocenters. The number of pyridine rings is 1. The van der Waals surface area contributed by atoms with Gasteiger partial charge in [0.1, 0.15) is 11.6 Å². The largest absolute Gasteiger partial charge is 0.399 e. The molecular formula is C14H19N5O2S. The molecule has 1 aromatic heterocycles. The number of aromatic nitrogens is 1. The van der Waals surface area contributed by atoms with Crippen molar-refractivity contribution in [3.8, 4) is 0 Å². The summed E-state index contributed by atoms with van der Waals surface area (Å²) < 4.78 is 27.3. The van der Waals surface area contributed by atoms with Crippen LogP contribution in [-0.4, -0.2) is 34.5 Å². The van der Waals surface area contributed by atoms with E-state index < -0.39 is 10.0 Å². The van der Waals surface area contributed by atoms with Crippen molar-refractivity contribution in [1.29, 1.82) is 0 Å². The lowest BCUT2D eigenvalue weighted by atomic mass is 10.3. The first-order chi connectivity index (χ1) is 10.3. The molecule has 4 N–H and O–H groups in total. The number of nitrogens with zero attached hydrogens (tertiary/aromatic N) is 2. The molecule has 22 heavy (non-hydrogen) atoms. The van der Waals surface area contributed by atoms with Gasteiger partial charge in [-0.25, -0.2) is 13.4 Å². The van der Waals surface area contributed by atoms with E-state index in [4.69, 9.17) is 5.73 Å². The lowest BCUT2D eigenvalue weighted by molar-refractivity contribution is 0.601. The minimum absolute atomic E-state index is 0.149. The molecule has 118 valence electrons. The first-order valence-electron chi connectivity index (χ1n) is 6.57. The van der Waals surface area contributed by atoms with Gasteiger partial charge in [0.2, 0.25) is 0 Å². The Morgan fingerprint density at radius 3 is 2.32 bits per heavy atom. The molecule has 2 aromatic rings. The lowest BCUT2D eigenvalue weighted by Crippen LogP contribution is -2.16. The Labute approximate surface area is 130 Å². The molecule has 0 amide bonds. The van der Waals surface area contributed by atoms with Crippen LogP contribution in [0.5, 0.6) is 0 Å². The van der Waals surface area contributed by atoms with Crippen LogP contribution < -0.4 is 20.7 Å². The van der Waals surface area contributed by atoms with Gasteiger partial charge in [-0.2, -0.15) is 0 Å². The first kappa shape index (κ1) is 15.9. The summed E-state index contributed by atoms with van der Waals surface area (Å²) in [4.78, 5) is 6.27. The Morgan fingerprint density at radius 1 is 1.14 bits per heavy atom. The van der Waals surface area contributed by atoms with Crippen molar-refractivity contribution < 1.29 is 8.42 Å². The molecule has 2 rings (SSSR count). The Morgan fingerprint density at radius 2 is 1.77 bits per heavy atom. The fourth-order valence-corrected chi connectivity index (χ4v) is 2.83. The van der Waals surface area contributed by atoms with Gasteiger partial charge in [-0.1, -0.05) is 0 Å². The van der Waals surface area contributed by atoms with E-state index in [0.717, 1.165) is 0 Å². The van der Waals surface area contributed by atoms with Crippen LogP contribution in [0.1, 0.15) is 0 Å². The molecule has 1 aromatic carbocycles. The topological polar surface area (TPSA) is 100 Å². The van der Waals surface area contributed by atoms with E-state index in [0.29, 0.717) is 23.0 Å². The fourth-order valence-electron chi connectivity index (χ4n) is 1.79. The summed E-state index contributed by atoms with van der Waals surface area (Å²) in [6.07, 6.45) is 0. The van der Waals surface area contributed by atoms with Crippen LogP contribution in [0.2, 0.25) is 0 Å². The van der Waals surface area contributed by atoms with Gasteiger partial charge < -0.3 is 16.0 Å². The summed E-state index contributed by atoms with van der Waals surface area (Å²) in [7, 11) is 1.71. The Bertz CT molecular complexity index is 757. The van der Waals surface area contributed by atoms with Crippen LogP contribution >= 0.6 is 0 Å². The minimum Gasteiger partial charge on any atom is -0.399 e. The van der Waals surface area contributed by atoms with Crippen LogP contribution in [-0.2, 0) is 10.0 Å². The van der Waals surface area contributed by atoms with E-state index in [1.54, 1.807) is 36.2 Å². The number of nitrogens with one attached hydrogen (secondary N) is 2. The summed E-state index contributed by atoms with van der Waals surface area (Å²) in [5, 5.41) is 2.91. The van der Waals surface area contributed by atoms with Crippen molar-refractivity contribution in [1.82, 2.24) is 4.98 Å². The molecule has 0 saturated heterocycles.